The number of aromatic nitrogens is 1. The fourth-order valence-electron chi connectivity index (χ4n) is 3.21. The van der Waals surface area contributed by atoms with Crippen LogP contribution >= 0.6 is 0 Å². The molecule has 1 aromatic heterocycles. The van der Waals surface area contributed by atoms with E-state index in [0.717, 1.165) is 0 Å². The lowest BCUT2D eigenvalue weighted by Crippen LogP contribution is -2.37. The SMILES string of the molecule is CCOC(=O)C1=C(COC)NC(C(C)C)=C(C(=O)OCC)C1c1ccccn1. The van der Waals surface area contributed by atoms with E-state index in [1.807, 2.05) is 19.9 Å². The second kappa shape index (κ2) is 10.0. The molecule has 0 bridgehead atoms. The lowest BCUT2D eigenvalue weighted by Gasteiger charge is -2.33. The molecule has 1 aliphatic heterocycles. The Labute approximate surface area is 165 Å². The standard InChI is InChI=1S/C21H28N2O5/c1-6-27-20(24)17-15(12-26-5)23-19(13(3)4)18(21(25)28-7-2)16(17)14-10-8-9-11-22-14/h8-11,13,16,23H,6-7,12H2,1-5H3. The van der Waals surface area contributed by atoms with E-state index in [1.165, 1.54) is 0 Å². The highest BCUT2D eigenvalue weighted by atomic mass is 16.5. The quantitative estimate of drug-likeness (QED) is 0.685. The zero-order valence-electron chi connectivity index (χ0n) is 17.1. The van der Waals surface area contributed by atoms with Crippen molar-refractivity contribution in [2.24, 2.45) is 5.92 Å². The van der Waals surface area contributed by atoms with Crippen LogP contribution in [0.2, 0.25) is 0 Å². The van der Waals surface area contributed by atoms with Gasteiger partial charge < -0.3 is 19.5 Å². The highest BCUT2D eigenvalue weighted by Crippen LogP contribution is 2.40. The molecule has 2 rings (SSSR count). The monoisotopic (exact) mass is 388 g/mol. The normalized spacial score (nSPS) is 16.9. The van der Waals surface area contributed by atoms with E-state index < -0.39 is 17.9 Å². The van der Waals surface area contributed by atoms with Crippen molar-refractivity contribution in [1.29, 1.82) is 0 Å². The Morgan fingerprint density at radius 3 is 2.25 bits per heavy atom. The summed E-state index contributed by atoms with van der Waals surface area (Å²) in [6.07, 6.45) is 1.63. The third kappa shape index (κ3) is 4.59. The van der Waals surface area contributed by atoms with Crippen molar-refractivity contribution >= 4 is 11.9 Å². The van der Waals surface area contributed by atoms with Crippen LogP contribution in [0.5, 0.6) is 0 Å². The van der Waals surface area contributed by atoms with Gasteiger partial charge in [0.2, 0.25) is 0 Å². The van der Waals surface area contributed by atoms with Crippen LogP contribution in [-0.2, 0) is 23.8 Å². The summed E-state index contributed by atoms with van der Waals surface area (Å²) in [7, 11) is 1.55. The van der Waals surface area contributed by atoms with Crippen LogP contribution in [0.25, 0.3) is 0 Å². The Morgan fingerprint density at radius 1 is 1.11 bits per heavy atom. The number of pyridine rings is 1. The van der Waals surface area contributed by atoms with E-state index in [4.69, 9.17) is 14.2 Å². The maximum Gasteiger partial charge on any atom is 0.336 e. The van der Waals surface area contributed by atoms with Gasteiger partial charge in [-0.1, -0.05) is 19.9 Å². The number of nitrogens with zero attached hydrogens (tertiary/aromatic N) is 1. The largest absolute Gasteiger partial charge is 0.463 e. The van der Waals surface area contributed by atoms with E-state index in [1.54, 1.807) is 39.3 Å². The number of hydrogen-bond acceptors (Lipinski definition) is 7. The first-order chi connectivity index (χ1) is 13.5. The third-order valence-corrected chi connectivity index (χ3v) is 4.32. The molecule has 7 nitrogen and oxygen atoms in total. The number of esters is 2. The zero-order valence-corrected chi connectivity index (χ0v) is 17.1. The summed E-state index contributed by atoms with van der Waals surface area (Å²) < 4.78 is 15.9. The number of rotatable bonds is 8. The van der Waals surface area contributed by atoms with Crippen LogP contribution in [0, 0.1) is 5.92 Å². The highest BCUT2D eigenvalue weighted by Gasteiger charge is 2.41. The molecule has 1 atom stereocenters. The predicted octanol–water partition coefficient (Wildman–Crippen LogP) is 2.71. The van der Waals surface area contributed by atoms with Gasteiger partial charge in [-0.25, -0.2) is 9.59 Å². The first kappa shape index (κ1) is 21.6. The maximum absolute atomic E-state index is 12.9. The number of ether oxygens (including phenoxy) is 3. The van der Waals surface area contributed by atoms with Crippen LogP contribution in [0.15, 0.2) is 46.9 Å². The zero-order chi connectivity index (χ0) is 20.7. The van der Waals surface area contributed by atoms with Crippen molar-refractivity contribution in [2.45, 2.75) is 33.6 Å². The van der Waals surface area contributed by atoms with Gasteiger partial charge in [-0.05, 0) is 31.9 Å². The van der Waals surface area contributed by atoms with Crippen LogP contribution < -0.4 is 5.32 Å². The van der Waals surface area contributed by atoms with Crippen molar-refractivity contribution in [3.05, 3.63) is 52.6 Å². The summed E-state index contributed by atoms with van der Waals surface area (Å²) in [5.41, 5.74) is 2.51. The van der Waals surface area contributed by atoms with Crippen molar-refractivity contribution in [3.8, 4) is 0 Å². The highest BCUT2D eigenvalue weighted by molar-refractivity contribution is 5.99. The molecule has 152 valence electrons. The molecule has 0 aliphatic carbocycles. The lowest BCUT2D eigenvalue weighted by atomic mass is 9.80. The average molecular weight is 388 g/mol. The van der Waals surface area contributed by atoms with E-state index in [-0.39, 0.29) is 25.7 Å². The van der Waals surface area contributed by atoms with Gasteiger partial charge in [0.1, 0.15) is 0 Å². The topological polar surface area (TPSA) is 86.8 Å². The molecule has 0 radical (unpaired) electrons. The molecule has 0 amide bonds. The number of nitrogens with one attached hydrogen (secondary N) is 1. The van der Waals surface area contributed by atoms with Gasteiger partial charge in [-0.15, -0.1) is 0 Å². The first-order valence-electron chi connectivity index (χ1n) is 9.44. The molecule has 0 saturated heterocycles. The minimum Gasteiger partial charge on any atom is -0.463 e. The molecule has 28 heavy (non-hydrogen) atoms. The summed E-state index contributed by atoms with van der Waals surface area (Å²) in [5, 5.41) is 3.24. The molecular weight excluding hydrogens is 360 g/mol. The fourth-order valence-corrected chi connectivity index (χ4v) is 3.21. The lowest BCUT2D eigenvalue weighted by molar-refractivity contribution is -0.139. The second-order valence-electron chi connectivity index (χ2n) is 6.56. The molecule has 0 fully saturated rings. The van der Waals surface area contributed by atoms with E-state index >= 15 is 0 Å². The maximum atomic E-state index is 12.9. The Balaban J connectivity index is 2.76. The minimum absolute atomic E-state index is 0.0128. The van der Waals surface area contributed by atoms with Gasteiger partial charge in [-0.3, -0.25) is 4.98 Å². The van der Waals surface area contributed by atoms with Crippen LogP contribution in [0.3, 0.4) is 0 Å². The van der Waals surface area contributed by atoms with Crippen molar-refractivity contribution < 1.29 is 23.8 Å². The predicted molar refractivity (Wildman–Crippen MR) is 104 cm³/mol. The van der Waals surface area contributed by atoms with E-state index in [2.05, 4.69) is 10.3 Å². The molecule has 1 unspecified atom stereocenters. The summed E-state index contributed by atoms with van der Waals surface area (Å²) >= 11 is 0. The number of methoxy groups -OCH3 is 1. The van der Waals surface area contributed by atoms with Gasteiger partial charge in [-0.2, -0.15) is 0 Å². The van der Waals surface area contributed by atoms with Gasteiger partial charge in [0.05, 0.1) is 48.3 Å². The number of carbonyl (C=O) groups is 2. The molecular formula is C21H28N2O5. The summed E-state index contributed by atoms with van der Waals surface area (Å²) in [5.74, 6) is -1.71. The van der Waals surface area contributed by atoms with Gasteiger partial charge in [0.25, 0.3) is 0 Å². The molecule has 0 spiro atoms. The van der Waals surface area contributed by atoms with Crippen molar-refractivity contribution in [2.75, 3.05) is 26.9 Å². The number of allylic oxidation sites excluding steroid dienone is 1. The average Bonchev–Trinajstić information content (AvgIpc) is 2.68. The van der Waals surface area contributed by atoms with Crippen molar-refractivity contribution in [3.63, 3.8) is 0 Å². The van der Waals surface area contributed by atoms with E-state index in [9.17, 15) is 9.59 Å². The summed E-state index contributed by atoms with van der Waals surface area (Å²) in [6, 6.07) is 5.39. The van der Waals surface area contributed by atoms with Crippen molar-refractivity contribution in [1.82, 2.24) is 10.3 Å². The Hall–Kier alpha value is -2.67. The number of carbonyl (C=O) groups excluding carboxylic acids is 2. The Kier molecular flexibility index (Phi) is 7.75. The van der Waals surface area contributed by atoms with Crippen LogP contribution in [-0.4, -0.2) is 43.9 Å². The molecule has 2 heterocycles. The molecule has 7 heteroatoms. The smallest absolute Gasteiger partial charge is 0.336 e. The van der Waals surface area contributed by atoms with Gasteiger partial charge in [0, 0.05) is 19.0 Å². The Morgan fingerprint density at radius 2 is 1.75 bits per heavy atom. The summed E-state index contributed by atoms with van der Waals surface area (Å²) in [4.78, 5) is 30.2. The molecule has 0 aromatic carbocycles. The second-order valence-corrected chi connectivity index (χ2v) is 6.56. The molecule has 0 saturated carbocycles. The third-order valence-electron chi connectivity index (χ3n) is 4.32. The molecule has 1 N–H and O–H groups in total. The minimum atomic E-state index is -0.705. The van der Waals surface area contributed by atoms with Gasteiger partial charge in [0.15, 0.2) is 0 Å². The molecule has 1 aromatic rings. The Bertz CT molecular complexity index is 768. The number of hydrogen-bond donors (Lipinski definition) is 1. The van der Waals surface area contributed by atoms with E-state index in [0.29, 0.717) is 28.2 Å². The summed E-state index contributed by atoms with van der Waals surface area (Å²) in [6.45, 7) is 8.04. The van der Waals surface area contributed by atoms with Gasteiger partial charge >= 0.3 is 11.9 Å². The fraction of sp³-hybridized carbons (Fsp3) is 0.476. The number of dihydropyridines is 1. The van der Waals surface area contributed by atoms with Crippen LogP contribution in [0.4, 0.5) is 0 Å². The van der Waals surface area contributed by atoms with Crippen LogP contribution in [0.1, 0.15) is 39.3 Å². The first-order valence-corrected chi connectivity index (χ1v) is 9.44. The molecule has 1 aliphatic rings.